The number of nitrogens with zero attached hydrogens (tertiary/aromatic N) is 2. The van der Waals surface area contributed by atoms with Crippen LogP contribution in [0.3, 0.4) is 0 Å². The Morgan fingerprint density at radius 2 is 1.89 bits per heavy atom. The smallest absolute Gasteiger partial charge is 0.411 e. The number of nitro benzene ring substituents is 1. The number of fused-ring (bicyclic) bond motifs is 1. The number of phenolic OH excluding ortho intramolecular Hbond substituents is 1. The number of aromatic hydroxyl groups is 1. The van der Waals surface area contributed by atoms with Crippen LogP contribution in [-0.2, 0) is 17.8 Å². The summed E-state index contributed by atoms with van der Waals surface area (Å²) in [6.07, 6.45) is -0.325. The molecule has 12 heteroatoms. The van der Waals surface area contributed by atoms with Crippen LogP contribution in [0.25, 0.3) is 10.2 Å². The van der Waals surface area contributed by atoms with Gasteiger partial charge in [-0.15, -0.1) is 11.3 Å². The lowest BCUT2D eigenvalue weighted by Crippen LogP contribution is -2.13. The number of carbonyl (C=O) groups is 1. The van der Waals surface area contributed by atoms with Gasteiger partial charge in [0, 0.05) is 18.2 Å². The molecular weight excluding hydrogens is 517 g/mol. The first-order chi connectivity index (χ1) is 16.8. The summed E-state index contributed by atoms with van der Waals surface area (Å²) in [5.41, 5.74) is 1.27. The van der Waals surface area contributed by atoms with Crippen molar-refractivity contribution in [3.8, 4) is 11.5 Å². The normalized spacial score (nSPS) is 10.8. The first-order valence-corrected chi connectivity index (χ1v) is 11.7. The van der Waals surface area contributed by atoms with E-state index in [1.165, 1.54) is 24.3 Å². The molecule has 4 aromatic rings. The highest BCUT2D eigenvalue weighted by Gasteiger charge is 2.17. The minimum Gasteiger partial charge on any atom is -0.505 e. The molecule has 2 N–H and O–H groups in total. The first kappa shape index (κ1) is 24.5. The zero-order chi connectivity index (χ0) is 24.9. The Bertz CT molecular complexity index is 1360. The minimum atomic E-state index is -0.832. The number of carbonyl (C=O) groups excluding carboxylic acids is 1. The quantitative estimate of drug-likeness (QED) is 0.149. The molecular formula is C23H17Cl2N3O6S. The number of para-hydroxylation sites is 1. The van der Waals surface area contributed by atoms with Crippen molar-refractivity contribution in [2.24, 2.45) is 0 Å². The molecule has 35 heavy (non-hydrogen) atoms. The maximum atomic E-state index is 12.1. The largest absolute Gasteiger partial charge is 0.505 e. The van der Waals surface area contributed by atoms with Gasteiger partial charge in [0.1, 0.15) is 6.61 Å². The highest BCUT2D eigenvalue weighted by Crippen LogP contribution is 2.35. The number of phenols is 1. The van der Waals surface area contributed by atoms with Crippen molar-refractivity contribution in [3.05, 3.63) is 85.3 Å². The molecule has 0 saturated heterocycles. The van der Waals surface area contributed by atoms with Gasteiger partial charge in [-0.3, -0.25) is 15.4 Å². The van der Waals surface area contributed by atoms with E-state index in [1.807, 2.05) is 24.3 Å². The average Bonchev–Trinajstić information content (AvgIpc) is 3.24. The number of halogens is 2. The summed E-state index contributed by atoms with van der Waals surface area (Å²) in [6, 6.07) is 14.7. The molecule has 0 saturated carbocycles. The number of rotatable bonds is 8. The number of nitro groups is 1. The van der Waals surface area contributed by atoms with E-state index in [0.29, 0.717) is 12.0 Å². The summed E-state index contributed by atoms with van der Waals surface area (Å²) in [4.78, 5) is 27.6. The highest BCUT2D eigenvalue weighted by atomic mass is 35.5. The Labute approximate surface area is 213 Å². The van der Waals surface area contributed by atoms with E-state index >= 15 is 0 Å². The highest BCUT2D eigenvalue weighted by molar-refractivity contribution is 7.18. The van der Waals surface area contributed by atoms with Gasteiger partial charge in [-0.25, -0.2) is 9.78 Å². The Morgan fingerprint density at radius 1 is 1.14 bits per heavy atom. The number of aromatic nitrogens is 1. The van der Waals surface area contributed by atoms with Crippen molar-refractivity contribution in [1.29, 1.82) is 0 Å². The number of nitrogens with one attached hydrogen (secondary N) is 1. The molecule has 0 aliphatic rings. The molecule has 0 aliphatic carbocycles. The molecule has 4 rings (SSSR count). The summed E-state index contributed by atoms with van der Waals surface area (Å²) >= 11 is 13.2. The number of thiazole rings is 1. The topological polar surface area (TPSA) is 124 Å². The van der Waals surface area contributed by atoms with E-state index in [1.54, 1.807) is 17.4 Å². The van der Waals surface area contributed by atoms with Crippen molar-refractivity contribution in [3.63, 3.8) is 0 Å². The van der Waals surface area contributed by atoms with E-state index in [9.17, 15) is 20.0 Å². The van der Waals surface area contributed by atoms with Crippen molar-refractivity contribution >= 4 is 62.2 Å². The SMILES string of the molecule is O=C(Nc1cc(Cl)c(O)c(Cl)c1)OCc1ccc(OCCc2nc3ccccc3s2)c([N+](=O)[O-])c1. The Morgan fingerprint density at radius 3 is 2.60 bits per heavy atom. The molecule has 0 aliphatic heterocycles. The summed E-state index contributed by atoms with van der Waals surface area (Å²) < 4.78 is 11.8. The van der Waals surface area contributed by atoms with Crippen LogP contribution in [0.5, 0.6) is 11.5 Å². The maximum Gasteiger partial charge on any atom is 0.411 e. The fourth-order valence-corrected chi connectivity index (χ4v) is 4.57. The summed E-state index contributed by atoms with van der Waals surface area (Å²) in [5.74, 6) is -0.195. The molecule has 0 unspecified atom stereocenters. The monoisotopic (exact) mass is 533 g/mol. The lowest BCUT2D eigenvalue weighted by molar-refractivity contribution is -0.386. The minimum absolute atomic E-state index is 0.0397. The standard InChI is InChI=1S/C23H17Cl2N3O6S/c24-15-10-14(11-16(25)22(15)29)26-23(30)34-12-13-5-6-19(18(9-13)28(31)32)33-8-7-21-27-17-3-1-2-4-20(17)35-21/h1-6,9-11,29H,7-8,12H2,(H,26,30). The Balaban J connectivity index is 1.35. The average molecular weight is 534 g/mol. The van der Waals surface area contributed by atoms with Gasteiger partial charge in [-0.05, 0) is 35.9 Å². The number of benzene rings is 3. The number of hydrogen-bond acceptors (Lipinski definition) is 8. The van der Waals surface area contributed by atoms with Crippen molar-refractivity contribution < 1.29 is 24.3 Å². The van der Waals surface area contributed by atoms with Gasteiger partial charge in [0.2, 0.25) is 0 Å². The van der Waals surface area contributed by atoms with Gasteiger partial charge >= 0.3 is 11.8 Å². The fraction of sp³-hybridized carbons (Fsp3) is 0.130. The van der Waals surface area contributed by atoms with Gasteiger partial charge in [-0.1, -0.05) is 41.4 Å². The summed E-state index contributed by atoms with van der Waals surface area (Å²) in [5, 5.41) is 24.3. The van der Waals surface area contributed by atoms with E-state index in [4.69, 9.17) is 32.7 Å². The van der Waals surface area contributed by atoms with Crippen LogP contribution in [0.4, 0.5) is 16.2 Å². The molecule has 0 spiro atoms. The number of hydrogen-bond donors (Lipinski definition) is 2. The van der Waals surface area contributed by atoms with Crippen molar-refractivity contribution in [2.75, 3.05) is 11.9 Å². The van der Waals surface area contributed by atoms with E-state index in [2.05, 4.69) is 10.3 Å². The van der Waals surface area contributed by atoms with E-state index in [0.717, 1.165) is 15.2 Å². The molecule has 9 nitrogen and oxygen atoms in total. The second-order valence-electron chi connectivity index (χ2n) is 7.22. The molecule has 0 fully saturated rings. The van der Waals surface area contributed by atoms with Crippen LogP contribution < -0.4 is 10.1 Å². The van der Waals surface area contributed by atoms with Crippen LogP contribution in [0.1, 0.15) is 10.6 Å². The van der Waals surface area contributed by atoms with Crippen LogP contribution >= 0.6 is 34.5 Å². The third-order valence-corrected chi connectivity index (χ3v) is 6.44. The molecule has 1 heterocycles. The molecule has 0 radical (unpaired) electrons. The first-order valence-electron chi connectivity index (χ1n) is 10.2. The van der Waals surface area contributed by atoms with Crippen LogP contribution in [0.15, 0.2) is 54.6 Å². The number of amides is 1. The zero-order valence-electron chi connectivity index (χ0n) is 17.9. The summed E-state index contributed by atoms with van der Waals surface area (Å²) in [6.45, 7) is -0.00509. The predicted octanol–water partition coefficient (Wildman–Crippen LogP) is 6.59. The zero-order valence-corrected chi connectivity index (χ0v) is 20.2. The third-order valence-electron chi connectivity index (χ3n) is 4.76. The lowest BCUT2D eigenvalue weighted by atomic mass is 10.2. The molecule has 180 valence electrons. The van der Waals surface area contributed by atoms with Crippen molar-refractivity contribution in [2.45, 2.75) is 13.0 Å². The second-order valence-corrected chi connectivity index (χ2v) is 9.15. The van der Waals surface area contributed by atoms with Crippen LogP contribution in [0.2, 0.25) is 10.0 Å². The van der Waals surface area contributed by atoms with E-state index < -0.39 is 11.0 Å². The fourth-order valence-electron chi connectivity index (χ4n) is 3.13. The maximum absolute atomic E-state index is 12.1. The third kappa shape index (κ3) is 6.10. The molecule has 1 amide bonds. The Kier molecular flexibility index (Phi) is 7.54. The molecule has 0 bridgehead atoms. The van der Waals surface area contributed by atoms with Gasteiger partial charge in [-0.2, -0.15) is 0 Å². The second kappa shape index (κ2) is 10.8. The van der Waals surface area contributed by atoms with Gasteiger partial charge in [0.15, 0.2) is 11.5 Å². The lowest BCUT2D eigenvalue weighted by Gasteiger charge is -2.10. The number of ether oxygens (including phenoxy) is 2. The molecule has 1 aromatic heterocycles. The number of anilines is 1. The predicted molar refractivity (Wildman–Crippen MR) is 134 cm³/mol. The van der Waals surface area contributed by atoms with Gasteiger partial charge in [0.05, 0.1) is 36.8 Å². The molecule has 3 aromatic carbocycles. The van der Waals surface area contributed by atoms with Gasteiger partial charge in [0.25, 0.3) is 0 Å². The Hall–Kier alpha value is -3.60. The van der Waals surface area contributed by atoms with Crippen LogP contribution in [-0.4, -0.2) is 27.7 Å². The van der Waals surface area contributed by atoms with Crippen molar-refractivity contribution in [1.82, 2.24) is 4.98 Å². The van der Waals surface area contributed by atoms with Crippen LogP contribution in [0, 0.1) is 10.1 Å². The summed E-state index contributed by atoms with van der Waals surface area (Å²) in [7, 11) is 0. The van der Waals surface area contributed by atoms with Gasteiger partial charge < -0.3 is 14.6 Å². The van der Waals surface area contributed by atoms with E-state index in [-0.39, 0.29) is 46.1 Å². The molecule has 0 atom stereocenters.